The summed E-state index contributed by atoms with van der Waals surface area (Å²) in [5, 5.41) is 3.44. The predicted octanol–water partition coefficient (Wildman–Crippen LogP) is 3.77. The van der Waals surface area contributed by atoms with E-state index in [1.54, 1.807) is 0 Å². The number of carbonyl (C=O) groups excluding carboxylic acids is 1. The summed E-state index contributed by atoms with van der Waals surface area (Å²) < 4.78 is 6.76. The van der Waals surface area contributed by atoms with Crippen LogP contribution in [-0.2, 0) is 4.79 Å². The second-order valence-corrected chi connectivity index (χ2v) is 7.35. The van der Waals surface area contributed by atoms with Crippen LogP contribution in [-0.4, -0.2) is 42.6 Å². The van der Waals surface area contributed by atoms with Crippen LogP contribution in [0.3, 0.4) is 0 Å². The van der Waals surface area contributed by atoms with Crippen molar-refractivity contribution in [1.29, 1.82) is 0 Å². The fourth-order valence-electron chi connectivity index (χ4n) is 3.62. The summed E-state index contributed by atoms with van der Waals surface area (Å²) in [6, 6.07) is 8.76. The van der Waals surface area contributed by atoms with Gasteiger partial charge < -0.3 is 15.0 Å². The van der Waals surface area contributed by atoms with Gasteiger partial charge in [0, 0.05) is 29.5 Å². The Morgan fingerprint density at radius 1 is 1.17 bits per heavy atom. The van der Waals surface area contributed by atoms with Gasteiger partial charge in [-0.3, -0.25) is 4.79 Å². The van der Waals surface area contributed by atoms with Crippen molar-refractivity contribution in [1.82, 2.24) is 10.2 Å². The van der Waals surface area contributed by atoms with Crippen LogP contribution in [0, 0.1) is 0 Å². The molecule has 3 rings (SSSR count). The van der Waals surface area contributed by atoms with E-state index in [0.29, 0.717) is 31.0 Å². The molecule has 2 aliphatic heterocycles. The summed E-state index contributed by atoms with van der Waals surface area (Å²) >= 11 is 3.41. The molecule has 2 aliphatic rings. The van der Waals surface area contributed by atoms with E-state index in [1.807, 2.05) is 24.3 Å². The van der Waals surface area contributed by atoms with Crippen LogP contribution in [0.4, 0.5) is 0 Å². The third kappa shape index (κ3) is 5.11. The van der Waals surface area contributed by atoms with Crippen molar-refractivity contribution in [2.24, 2.45) is 0 Å². The topological polar surface area (TPSA) is 41.6 Å². The summed E-state index contributed by atoms with van der Waals surface area (Å²) in [4.78, 5) is 14.7. The van der Waals surface area contributed by atoms with Crippen LogP contribution in [0.2, 0.25) is 0 Å². The molecule has 2 atom stereocenters. The van der Waals surface area contributed by atoms with E-state index in [-0.39, 0.29) is 12.4 Å². The maximum absolute atomic E-state index is 12.5. The highest BCUT2D eigenvalue weighted by molar-refractivity contribution is 9.10. The van der Waals surface area contributed by atoms with Gasteiger partial charge >= 0.3 is 0 Å². The van der Waals surface area contributed by atoms with Gasteiger partial charge in [0.2, 0.25) is 5.91 Å². The summed E-state index contributed by atoms with van der Waals surface area (Å²) in [5.41, 5.74) is 0. The lowest BCUT2D eigenvalue weighted by Crippen LogP contribution is -2.42. The summed E-state index contributed by atoms with van der Waals surface area (Å²) in [7, 11) is 0. The average molecular weight is 418 g/mol. The van der Waals surface area contributed by atoms with Crippen molar-refractivity contribution in [2.75, 3.05) is 19.7 Å². The Labute approximate surface area is 158 Å². The van der Waals surface area contributed by atoms with Gasteiger partial charge in [0.25, 0.3) is 0 Å². The molecule has 2 heterocycles. The second-order valence-electron chi connectivity index (χ2n) is 6.44. The molecule has 0 spiro atoms. The smallest absolute Gasteiger partial charge is 0.223 e. The first kappa shape index (κ1) is 19.5. The molecule has 2 fully saturated rings. The number of amides is 1. The third-order valence-electron chi connectivity index (χ3n) is 4.81. The van der Waals surface area contributed by atoms with E-state index in [0.717, 1.165) is 49.0 Å². The molecule has 0 aromatic heterocycles. The minimum absolute atomic E-state index is 0. The molecule has 4 nitrogen and oxygen atoms in total. The number of unbranched alkanes of at least 4 members (excludes halogenated alkanes) is 1. The molecule has 1 aromatic carbocycles. The van der Waals surface area contributed by atoms with E-state index < -0.39 is 0 Å². The van der Waals surface area contributed by atoms with Crippen molar-refractivity contribution >= 4 is 34.2 Å². The van der Waals surface area contributed by atoms with Gasteiger partial charge in [-0.05, 0) is 62.9 Å². The molecular weight excluding hydrogens is 392 g/mol. The Morgan fingerprint density at radius 2 is 1.92 bits per heavy atom. The molecule has 0 aliphatic carbocycles. The number of halogens is 2. The standard InChI is InChI=1S/C18H25BrN2O2.ClH/c19-14-4-8-17(9-5-14)23-12-2-1-3-18(22)21-15-6-7-16(21)13-20-11-10-15;/h4-5,8-9,15-16,20H,1-3,6-7,10-13H2;1H. The van der Waals surface area contributed by atoms with Gasteiger partial charge in [-0.1, -0.05) is 15.9 Å². The first-order valence-corrected chi connectivity index (χ1v) is 9.43. The highest BCUT2D eigenvalue weighted by Crippen LogP contribution is 2.28. The summed E-state index contributed by atoms with van der Waals surface area (Å²) in [6.07, 6.45) is 5.93. The highest BCUT2D eigenvalue weighted by atomic mass is 79.9. The number of rotatable bonds is 6. The van der Waals surface area contributed by atoms with Crippen molar-refractivity contribution in [3.8, 4) is 5.75 Å². The van der Waals surface area contributed by atoms with E-state index >= 15 is 0 Å². The van der Waals surface area contributed by atoms with Gasteiger partial charge in [0.15, 0.2) is 0 Å². The lowest BCUT2D eigenvalue weighted by molar-refractivity contribution is -0.133. The van der Waals surface area contributed by atoms with E-state index in [2.05, 4.69) is 26.1 Å². The quantitative estimate of drug-likeness (QED) is 0.716. The molecule has 1 amide bonds. The number of ether oxygens (including phenoxy) is 1. The van der Waals surface area contributed by atoms with Gasteiger partial charge in [-0.25, -0.2) is 0 Å². The number of benzene rings is 1. The Balaban J connectivity index is 0.00000208. The Kier molecular flexibility index (Phi) is 7.85. The van der Waals surface area contributed by atoms with Crippen molar-refractivity contribution in [3.63, 3.8) is 0 Å². The zero-order valence-corrected chi connectivity index (χ0v) is 16.3. The van der Waals surface area contributed by atoms with Crippen LogP contribution in [0.1, 0.15) is 38.5 Å². The molecule has 2 bridgehead atoms. The lowest BCUT2D eigenvalue weighted by atomic mass is 10.1. The zero-order valence-electron chi connectivity index (χ0n) is 13.9. The Morgan fingerprint density at radius 3 is 2.71 bits per heavy atom. The third-order valence-corrected chi connectivity index (χ3v) is 5.34. The molecule has 24 heavy (non-hydrogen) atoms. The van der Waals surface area contributed by atoms with Gasteiger partial charge in [0.05, 0.1) is 6.61 Å². The molecule has 0 radical (unpaired) electrons. The number of nitrogens with zero attached hydrogens (tertiary/aromatic N) is 1. The molecule has 0 saturated carbocycles. The van der Waals surface area contributed by atoms with Crippen LogP contribution in [0.5, 0.6) is 5.75 Å². The van der Waals surface area contributed by atoms with Crippen LogP contribution < -0.4 is 10.1 Å². The lowest BCUT2D eigenvalue weighted by Gasteiger charge is -2.28. The first-order valence-electron chi connectivity index (χ1n) is 8.64. The average Bonchev–Trinajstić information content (AvgIpc) is 2.81. The number of nitrogens with one attached hydrogen (secondary N) is 1. The molecular formula is C18H26BrClN2O2. The normalized spacial score (nSPS) is 22.6. The van der Waals surface area contributed by atoms with Crippen LogP contribution in [0.25, 0.3) is 0 Å². The molecule has 2 saturated heterocycles. The Hall–Kier alpha value is -0.780. The number of hydrogen-bond acceptors (Lipinski definition) is 3. The summed E-state index contributed by atoms with van der Waals surface area (Å²) in [6.45, 7) is 2.68. The van der Waals surface area contributed by atoms with E-state index in [4.69, 9.17) is 4.74 Å². The summed E-state index contributed by atoms with van der Waals surface area (Å²) in [5.74, 6) is 1.22. The van der Waals surface area contributed by atoms with Gasteiger partial charge in [0.1, 0.15) is 5.75 Å². The second kappa shape index (κ2) is 9.64. The molecule has 1 N–H and O–H groups in total. The number of fused-ring (bicyclic) bond motifs is 2. The molecule has 1 aromatic rings. The maximum Gasteiger partial charge on any atom is 0.223 e. The zero-order chi connectivity index (χ0) is 16.1. The maximum atomic E-state index is 12.5. The van der Waals surface area contributed by atoms with E-state index in [1.165, 1.54) is 6.42 Å². The highest BCUT2D eigenvalue weighted by Gasteiger charge is 2.37. The SMILES string of the molecule is Cl.O=C(CCCCOc1ccc(Br)cc1)N1C2CCNCC1CC2. The fourth-order valence-corrected chi connectivity index (χ4v) is 3.88. The van der Waals surface area contributed by atoms with E-state index in [9.17, 15) is 4.79 Å². The minimum Gasteiger partial charge on any atom is -0.494 e. The predicted molar refractivity (Wildman–Crippen MR) is 102 cm³/mol. The molecule has 6 heteroatoms. The van der Waals surface area contributed by atoms with Gasteiger partial charge in [-0.2, -0.15) is 0 Å². The molecule has 134 valence electrons. The number of carbonyl (C=O) groups is 1. The van der Waals surface area contributed by atoms with Crippen LogP contribution >= 0.6 is 28.3 Å². The van der Waals surface area contributed by atoms with Crippen LogP contribution in [0.15, 0.2) is 28.7 Å². The van der Waals surface area contributed by atoms with Crippen molar-refractivity contribution in [2.45, 2.75) is 50.6 Å². The number of hydrogen-bond donors (Lipinski definition) is 1. The first-order chi connectivity index (χ1) is 11.2. The monoisotopic (exact) mass is 416 g/mol. The molecule has 2 unspecified atom stereocenters. The van der Waals surface area contributed by atoms with Gasteiger partial charge in [-0.15, -0.1) is 12.4 Å². The minimum atomic E-state index is 0. The largest absolute Gasteiger partial charge is 0.494 e. The van der Waals surface area contributed by atoms with Crippen molar-refractivity contribution in [3.05, 3.63) is 28.7 Å². The Bertz CT molecular complexity index is 512. The fraction of sp³-hybridized carbons (Fsp3) is 0.611. The van der Waals surface area contributed by atoms with Crippen molar-refractivity contribution < 1.29 is 9.53 Å².